The fraction of sp³-hybridized carbons (Fsp3) is 0.333. The quantitative estimate of drug-likeness (QED) is 0.721. The van der Waals surface area contributed by atoms with Gasteiger partial charge in [0.15, 0.2) is 0 Å². The molecule has 0 bridgehead atoms. The maximum Gasteiger partial charge on any atom is 0.573 e. The van der Waals surface area contributed by atoms with E-state index in [1.165, 1.54) is 12.1 Å². The van der Waals surface area contributed by atoms with Crippen molar-refractivity contribution in [3.05, 3.63) is 29.8 Å². The van der Waals surface area contributed by atoms with Crippen molar-refractivity contribution in [3.63, 3.8) is 0 Å². The van der Waals surface area contributed by atoms with E-state index in [0.717, 1.165) is 17.0 Å². The lowest BCUT2D eigenvalue weighted by atomic mass is 10.0. The third-order valence-electron chi connectivity index (χ3n) is 2.88. The van der Waals surface area contributed by atoms with Gasteiger partial charge in [-0.2, -0.15) is 0 Å². The first-order chi connectivity index (χ1) is 10.3. The van der Waals surface area contributed by atoms with Gasteiger partial charge in [-0.15, -0.1) is 13.2 Å². The van der Waals surface area contributed by atoms with Crippen molar-refractivity contribution in [1.82, 2.24) is 4.90 Å². The fourth-order valence-corrected chi connectivity index (χ4v) is 1.88. The fourth-order valence-electron chi connectivity index (χ4n) is 1.88. The van der Waals surface area contributed by atoms with Crippen LogP contribution in [0.1, 0.15) is 16.8 Å². The molecule has 10 heteroatoms. The number of nitrogens with zero attached hydrogens (tertiary/aromatic N) is 1. The number of carboxylic acids is 1. The highest BCUT2D eigenvalue weighted by Gasteiger charge is 2.38. The largest absolute Gasteiger partial charge is 0.573 e. The summed E-state index contributed by atoms with van der Waals surface area (Å²) in [6.45, 7) is 0.264. The van der Waals surface area contributed by atoms with Crippen LogP contribution in [0, 0.1) is 0 Å². The van der Waals surface area contributed by atoms with Gasteiger partial charge in [-0.05, 0) is 24.6 Å². The van der Waals surface area contributed by atoms with Crippen molar-refractivity contribution in [2.75, 3.05) is 6.54 Å². The SMILES string of the molecule is NO.O=C(O)[C@H]1CCN1C(=O)c1cccc(OC(F)(F)F)c1. The molecule has 1 aliphatic rings. The van der Waals surface area contributed by atoms with Crippen LogP contribution < -0.4 is 10.6 Å². The van der Waals surface area contributed by atoms with Crippen LogP contribution in [0.5, 0.6) is 5.75 Å². The first kappa shape index (κ1) is 17.7. The second kappa shape index (κ2) is 7.09. The van der Waals surface area contributed by atoms with Gasteiger partial charge in [-0.1, -0.05) is 6.07 Å². The lowest BCUT2D eigenvalue weighted by Gasteiger charge is -2.37. The van der Waals surface area contributed by atoms with E-state index in [0.29, 0.717) is 6.42 Å². The second-order valence-electron chi connectivity index (χ2n) is 4.22. The highest BCUT2D eigenvalue weighted by molar-refractivity contribution is 5.97. The van der Waals surface area contributed by atoms with Crippen LogP contribution in [0.3, 0.4) is 0 Å². The van der Waals surface area contributed by atoms with Crippen molar-refractivity contribution >= 4 is 11.9 Å². The van der Waals surface area contributed by atoms with Gasteiger partial charge >= 0.3 is 12.3 Å². The molecule has 4 N–H and O–H groups in total. The number of benzene rings is 1. The number of carbonyl (C=O) groups is 2. The predicted octanol–water partition coefficient (Wildman–Crippen LogP) is 1.22. The average Bonchev–Trinajstić information content (AvgIpc) is 2.37. The summed E-state index contributed by atoms with van der Waals surface area (Å²) in [5.74, 6) is 1.22. The van der Waals surface area contributed by atoms with Crippen LogP contribution in [-0.4, -0.2) is 46.0 Å². The molecular weight excluding hydrogens is 309 g/mol. The molecule has 1 heterocycles. The molecule has 22 heavy (non-hydrogen) atoms. The van der Waals surface area contributed by atoms with Crippen molar-refractivity contribution in [3.8, 4) is 5.75 Å². The Kier molecular flexibility index (Phi) is 5.71. The number of alkyl halides is 3. The molecular formula is C12H13F3N2O5. The summed E-state index contributed by atoms with van der Waals surface area (Å²) in [6.07, 6.45) is -4.51. The first-order valence-electron chi connectivity index (χ1n) is 5.93. The van der Waals surface area contributed by atoms with Crippen molar-refractivity contribution < 1.29 is 37.8 Å². The summed E-state index contributed by atoms with van der Waals surface area (Å²) in [6, 6.07) is 3.63. The molecule has 0 aromatic heterocycles. The van der Waals surface area contributed by atoms with Crippen molar-refractivity contribution in [2.45, 2.75) is 18.8 Å². The summed E-state index contributed by atoms with van der Waals surface area (Å²) in [5.41, 5.74) is -0.0438. The van der Waals surface area contributed by atoms with E-state index in [4.69, 9.17) is 10.3 Å². The first-order valence-corrected chi connectivity index (χ1v) is 5.93. The zero-order valence-electron chi connectivity index (χ0n) is 11.1. The third kappa shape index (κ3) is 4.33. The number of carboxylic acid groups (broad SMARTS) is 1. The Morgan fingerprint density at radius 3 is 2.41 bits per heavy atom. The van der Waals surface area contributed by atoms with E-state index in [1.807, 2.05) is 0 Å². The van der Waals surface area contributed by atoms with Crippen molar-refractivity contribution in [1.29, 1.82) is 0 Å². The molecule has 7 nitrogen and oxygen atoms in total. The molecule has 0 spiro atoms. The lowest BCUT2D eigenvalue weighted by molar-refractivity contribution is -0.274. The monoisotopic (exact) mass is 322 g/mol. The topological polar surface area (TPSA) is 113 Å². The number of carbonyl (C=O) groups excluding carboxylic acids is 1. The Morgan fingerprint density at radius 1 is 1.32 bits per heavy atom. The Hall–Kier alpha value is -2.33. The predicted molar refractivity (Wildman–Crippen MR) is 66.2 cm³/mol. The Labute approximate surface area is 122 Å². The standard InChI is InChI=1S/C12H10F3NO4.H3NO/c13-12(14,15)20-8-3-1-2-7(6-8)10(17)16-5-4-9(16)11(18)19;1-2/h1-3,6,9H,4-5H2,(H,18,19);2H,1H2/t9-;/m1./s1. The van der Waals surface area contributed by atoms with E-state index in [9.17, 15) is 22.8 Å². The number of amides is 1. The van der Waals surface area contributed by atoms with Crippen LogP contribution in [0.4, 0.5) is 13.2 Å². The van der Waals surface area contributed by atoms with Gasteiger partial charge in [-0.3, -0.25) is 4.79 Å². The van der Waals surface area contributed by atoms with Gasteiger partial charge in [0.25, 0.3) is 5.91 Å². The molecule has 0 aliphatic carbocycles. The number of hydrogen-bond acceptors (Lipinski definition) is 5. The molecule has 1 aromatic carbocycles. The van der Waals surface area contributed by atoms with Gasteiger partial charge in [0, 0.05) is 12.1 Å². The summed E-state index contributed by atoms with van der Waals surface area (Å²) in [7, 11) is 0. The van der Waals surface area contributed by atoms with Gasteiger partial charge in [-0.25, -0.2) is 10.7 Å². The number of halogens is 3. The zero-order valence-corrected chi connectivity index (χ0v) is 11.1. The molecule has 0 unspecified atom stereocenters. The molecule has 1 aliphatic heterocycles. The third-order valence-corrected chi connectivity index (χ3v) is 2.88. The highest BCUT2D eigenvalue weighted by atomic mass is 19.4. The molecule has 2 rings (SSSR count). The summed E-state index contributed by atoms with van der Waals surface area (Å²) in [4.78, 5) is 23.9. The lowest BCUT2D eigenvalue weighted by Crippen LogP contribution is -2.55. The molecule has 1 amide bonds. The second-order valence-corrected chi connectivity index (χ2v) is 4.22. The van der Waals surface area contributed by atoms with Gasteiger partial charge in [0.2, 0.25) is 0 Å². The van der Waals surface area contributed by atoms with Gasteiger partial charge in [0.1, 0.15) is 11.8 Å². The van der Waals surface area contributed by atoms with E-state index in [-0.39, 0.29) is 12.1 Å². The average molecular weight is 322 g/mol. The normalized spacial score (nSPS) is 17.0. The molecule has 1 fully saturated rings. The van der Waals surface area contributed by atoms with Crippen LogP contribution in [0.15, 0.2) is 24.3 Å². The van der Waals surface area contributed by atoms with E-state index < -0.39 is 30.0 Å². The van der Waals surface area contributed by atoms with E-state index >= 15 is 0 Å². The molecule has 122 valence electrons. The van der Waals surface area contributed by atoms with Crippen molar-refractivity contribution in [2.24, 2.45) is 5.90 Å². The molecule has 1 saturated heterocycles. The molecule has 1 aromatic rings. The maximum atomic E-state index is 12.1. The summed E-state index contributed by atoms with van der Waals surface area (Å²) >= 11 is 0. The minimum absolute atomic E-state index is 0.0438. The number of likely N-dealkylation sites (tertiary alicyclic amines) is 1. The minimum atomic E-state index is -4.85. The number of hydrogen-bond donors (Lipinski definition) is 3. The number of ether oxygens (including phenoxy) is 1. The minimum Gasteiger partial charge on any atom is -0.480 e. The Bertz CT molecular complexity index is 550. The van der Waals surface area contributed by atoms with Gasteiger partial charge in [0.05, 0.1) is 0 Å². The molecule has 0 saturated carbocycles. The summed E-state index contributed by atoms with van der Waals surface area (Å²) < 4.78 is 40.0. The number of rotatable bonds is 3. The van der Waals surface area contributed by atoms with Crippen LogP contribution >= 0.6 is 0 Å². The Balaban J connectivity index is 0.00000116. The summed E-state index contributed by atoms with van der Waals surface area (Å²) in [5, 5.41) is 15.3. The highest BCUT2D eigenvalue weighted by Crippen LogP contribution is 2.26. The Morgan fingerprint density at radius 2 is 1.95 bits per heavy atom. The van der Waals surface area contributed by atoms with Gasteiger partial charge < -0.3 is 20.0 Å². The number of aliphatic carboxylic acids is 1. The zero-order chi connectivity index (χ0) is 16.9. The molecule has 0 radical (unpaired) electrons. The van der Waals surface area contributed by atoms with Crippen LogP contribution in [-0.2, 0) is 4.79 Å². The maximum absolute atomic E-state index is 12.1. The smallest absolute Gasteiger partial charge is 0.480 e. The molecule has 1 atom stereocenters. The van der Waals surface area contributed by atoms with Crippen LogP contribution in [0.25, 0.3) is 0 Å². The number of nitrogens with two attached hydrogens (primary N) is 1. The van der Waals surface area contributed by atoms with E-state index in [2.05, 4.69) is 10.6 Å². The van der Waals surface area contributed by atoms with Crippen LogP contribution in [0.2, 0.25) is 0 Å². The van der Waals surface area contributed by atoms with E-state index in [1.54, 1.807) is 0 Å².